The highest BCUT2D eigenvalue weighted by Crippen LogP contribution is 2.35. The quantitative estimate of drug-likeness (QED) is 0.664. The van der Waals surface area contributed by atoms with E-state index >= 15 is 0 Å². The molecular formula is C14H12N2OS2. The van der Waals surface area contributed by atoms with Gasteiger partial charge in [0.25, 0.3) is 5.91 Å². The van der Waals surface area contributed by atoms with Gasteiger partial charge in [0.05, 0.1) is 5.57 Å². The van der Waals surface area contributed by atoms with Crippen molar-refractivity contribution in [2.45, 2.75) is 0 Å². The molecule has 1 amide bonds. The van der Waals surface area contributed by atoms with Crippen LogP contribution in [0.4, 0.5) is 11.4 Å². The predicted molar refractivity (Wildman–Crippen MR) is 84.4 cm³/mol. The number of benzene rings is 1. The Labute approximate surface area is 119 Å². The van der Waals surface area contributed by atoms with E-state index < -0.39 is 0 Å². The third-order valence-corrected chi connectivity index (χ3v) is 4.11. The molecule has 1 aromatic heterocycles. The molecule has 0 radical (unpaired) electrons. The molecule has 19 heavy (non-hydrogen) atoms. The number of thiophene rings is 1. The summed E-state index contributed by atoms with van der Waals surface area (Å²) in [5.74, 6) is -0.0373. The first kappa shape index (κ1) is 12.3. The molecule has 0 fully saturated rings. The Morgan fingerprint density at radius 2 is 2.26 bits per heavy atom. The maximum atomic E-state index is 12.0. The van der Waals surface area contributed by atoms with E-state index in [-0.39, 0.29) is 5.91 Å². The van der Waals surface area contributed by atoms with Crippen LogP contribution in [0.1, 0.15) is 10.4 Å². The normalized spacial score (nSPS) is 15.4. The maximum absolute atomic E-state index is 12.0. The third kappa shape index (κ3) is 2.39. The summed E-state index contributed by atoms with van der Waals surface area (Å²) in [7, 11) is 0. The van der Waals surface area contributed by atoms with Crippen LogP contribution in [0.5, 0.6) is 0 Å². The standard InChI is InChI=1S/C14H12N2OS2/c1-18-16-9-4-5-13-11(7-9)12(14(17)15-13)8-10-3-2-6-19-10/h2-8,16H,1H3,(H,15,17)/b12-8-. The van der Waals surface area contributed by atoms with Gasteiger partial charge in [-0.2, -0.15) is 0 Å². The van der Waals surface area contributed by atoms with Crippen LogP contribution < -0.4 is 10.0 Å². The van der Waals surface area contributed by atoms with Crippen molar-refractivity contribution in [2.24, 2.45) is 0 Å². The van der Waals surface area contributed by atoms with E-state index in [1.54, 1.807) is 11.3 Å². The number of hydrogen-bond acceptors (Lipinski definition) is 4. The number of amides is 1. The van der Waals surface area contributed by atoms with Gasteiger partial charge in [-0.25, -0.2) is 0 Å². The summed E-state index contributed by atoms with van der Waals surface area (Å²) in [6.45, 7) is 0. The molecule has 0 saturated heterocycles. The monoisotopic (exact) mass is 288 g/mol. The number of rotatable bonds is 3. The van der Waals surface area contributed by atoms with Gasteiger partial charge in [0, 0.05) is 28.1 Å². The minimum absolute atomic E-state index is 0.0373. The molecule has 0 aliphatic carbocycles. The van der Waals surface area contributed by atoms with Crippen molar-refractivity contribution in [3.63, 3.8) is 0 Å². The van der Waals surface area contributed by atoms with Gasteiger partial charge < -0.3 is 10.0 Å². The molecule has 2 N–H and O–H groups in total. The van der Waals surface area contributed by atoms with Gasteiger partial charge in [0.15, 0.2) is 0 Å². The number of hydrogen-bond donors (Lipinski definition) is 2. The van der Waals surface area contributed by atoms with Gasteiger partial charge in [-0.1, -0.05) is 18.0 Å². The topological polar surface area (TPSA) is 41.1 Å². The van der Waals surface area contributed by atoms with Crippen LogP contribution in [0, 0.1) is 0 Å². The average molecular weight is 288 g/mol. The highest BCUT2D eigenvalue weighted by Gasteiger charge is 2.24. The molecule has 0 bridgehead atoms. The lowest BCUT2D eigenvalue weighted by molar-refractivity contribution is -0.110. The lowest BCUT2D eigenvalue weighted by atomic mass is 10.1. The smallest absolute Gasteiger partial charge is 0.256 e. The Balaban J connectivity index is 2.05. The van der Waals surface area contributed by atoms with Gasteiger partial charge in [0.2, 0.25) is 0 Å². The first-order chi connectivity index (χ1) is 9.28. The van der Waals surface area contributed by atoms with Crippen LogP contribution in [0.15, 0.2) is 35.7 Å². The van der Waals surface area contributed by atoms with E-state index in [1.165, 1.54) is 11.9 Å². The SMILES string of the molecule is CSNc1ccc2c(c1)/C(=C/c1cccs1)C(=O)N2. The zero-order valence-corrected chi connectivity index (χ0v) is 11.9. The van der Waals surface area contributed by atoms with E-state index in [1.807, 2.05) is 48.0 Å². The zero-order chi connectivity index (χ0) is 13.2. The van der Waals surface area contributed by atoms with Gasteiger partial charge in [0.1, 0.15) is 0 Å². The maximum Gasteiger partial charge on any atom is 0.256 e. The van der Waals surface area contributed by atoms with Gasteiger partial charge >= 0.3 is 0 Å². The molecule has 0 saturated carbocycles. The summed E-state index contributed by atoms with van der Waals surface area (Å²) in [6.07, 6.45) is 3.91. The van der Waals surface area contributed by atoms with Gasteiger partial charge in [-0.05, 0) is 35.7 Å². The molecule has 2 aromatic rings. The Kier molecular flexibility index (Phi) is 3.31. The molecule has 3 nitrogen and oxygen atoms in total. The van der Waals surface area contributed by atoms with Crippen LogP contribution in [0.2, 0.25) is 0 Å². The number of carbonyl (C=O) groups is 1. The second kappa shape index (κ2) is 5.11. The first-order valence-corrected chi connectivity index (χ1v) is 7.88. The van der Waals surface area contributed by atoms with Gasteiger partial charge in [-0.3, -0.25) is 4.79 Å². The number of carbonyl (C=O) groups excluding carboxylic acids is 1. The van der Waals surface area contributed by atoms with E-state index in [0.717, 1.165) is 27.4 Å². The fourth-order valence-electron chi connectivity index (χ4n) is 2.03. The zero-order valence-electron chi connectivity index (χ0n) is 10.3. The summed E-state index contributed by atoms with van der Waals surface area (Å²) in [5, 5.41) is 4.90. The van der Waals surface area contributed by atoms with Crippen LogP contribution in [0.3, 0.4) is 0 Å². The van der Waals surface area contributed by atoms with Crippen LogP contribution in [-0.2, 0) is 4.79 Å². The minimum atomic E-state index is -0.0373. The highest BCUT2D eigenvalue weighted by molar-refractivity contribution is 7.99. The second-order valence-electron chi connectivity index (χ2n) is 4.09. The summed E-state index contributed by atoms with van der Waals surface area (Å²) in [4.78, 5) is 13.1. The Morgan fingerprint density at radius 3 is 3.00 bits per heavy atom. The van der Waals surface area contributed by atoms with Gasteiger partial charge in [-0.15, -0.1) is 11.3 Å². The molecule has 0 unspecified atom stereocenters. The lowest BCUT2D eigenvalue weighted by Gasteiger charge is -2.04. The molecule has 1 aliphatic heterocycles. The molecule has 1 aliphatic rings. The van der Waals surface area contributed by atoms with E-state index in [2.05, 4.69) is 10.0 Å². The summed E-state index contributed by atoms with van der Waals surface area (Å²) in [6, 6.07) is 9.89. The largest absolute Gasteiger partial charge is 0.330 e. The number of nitrogens with one attached hydrogen (secondary N) is 2. The number of anilines is 2. The Bertz CT molecular complexity index is 647. The molecule has 3 rings (SSSR count). The third-order valence-electron chi connectivity index (χ3n) is 2.85. The molecule has 96 valence electrons. The van der Waals surface area contributed by atoms with Crippen molar-refractivity contribution < 1.29 is 4.79 Å². The fraction of sp³-hybridized carbons (Fsp3) is 0.0714. The van der Waals surface area contributed by atoms with Crippen LogP contribution in [0.25, 0.3) is 11.6 Å². The van der Waals surface area contributed by atoms with Crippen LogP contribution in [-0.4, -0.2) is 12.2 Å². The lowest BCUT2D eigenvalue weighted by Crippen LogP contribution is -2.03. The average Bonchev–Trinajstić information content (AvgIpc) is 3.00. The minimum Gasteiger partial charge on any atom is -0.330 e. The second-order valence-corrected chi connectivity index (χ2v) is 5.69. The molecule has 1 aromatic carbocycles. The summed E-state index contributed by atoms with van der Waals surface area (Å²) >= 11 is 3.16. The van der Waals surface area contributed by atoms with E-state index in [0.29, 0.717) is 0 Å². The predicted octanol–water partition coefficient (Wildman–Crippen LogP) is 3.93. The van der Waals surface area contributed by atoms with Crippen LogP contribution >= 0.6 is 23.3 Å². The molecular weight excluding hydrogens is 276 g/mol. The number of fused-ring (bicyclic) bond motifs is 1. The highest BCUT2D eigenvalue weighted by atomic mass is 32.2. The Hall–Kier alpha value is -1.72. The van der Waals surface area contributed by atoms with Crippen molar-refractivity contribution in [1.29, 1.82) is 0 Å². The van der Waals surface area contributed by atoms with E-state index in [4.69, 9.17) is 0 Å². The van der Waals surface area contributed by atoms with Crippen molar-refractivity contribution >= 4 is 52.2 Å². The molecule has 0 spiro atoms. The van der Waals surface area contributed by atoms with E-state index in [9.17, 15) is 4.79 Å². The first-order valence-electron chi connectivity index (χ1n) is 5.78. The molecule has 0 atom stereocenters. The molecule has 2 heterocycles. The Morgan fingerprint density at radius 1 is 1.37 bits per heavy atom. The van der Waals surface area contributed by atoms with Crippen molar-refractivity contribution in [3.05, 3.63) is 46.2 Å². The van der Waals surface area contributed by atoms with Crippen molar-refractivity contribution in [1.82, 2.24) is 0 Å². The van der Waals surface area contributed by atoms with Crippen molar-refractivity contribution in [3.8, 4) is 0 Å². The molecule has 5 heteroatoms. The van der Waals surface area contributed by atoms with Crippen molar-refractivity contribution in [2.75, 3.05) is 16.3 Å². The fourth-order valence-corrected chi connectivity index (χ4v) is 3.05. The summed E-state index contributed by atoms with van der Waals surface area (Å²) in [5.41, 5.74) is 3.55. The summed E-state index contributed by atoms with van der Waals surface area (Å²) < 4.78 is 3.18.